The summed E-state index contributed by atoms with van der Waals surface area (Å²) in [6, 6.07) is 14.4. The molecular formula is C25H26N6O5S. The van der Waals surface area contributed by atoms with Gasteiger partial charge in [-0.05, 0) is 29.2 Å². The largest absolute Gasteiger partial charge is 0.388 e. The van der Waals surface area contributed by atoms with Crippen molar-refractivity contribution in [3.05, 3.63) is 72.3 Å². The minimum absolute atomic E-state index is 0.393. The molecule has 1 aliphatic heterocycles. The zero-order valence-corrected chi connectivity index (χ0v) is 20.9. The molecule has 1 aliphatic carbocycles. The van der Waals surface area contributed by atoms with E-state index in [9.17, 15) is 18.6 Å². The third-order valence-corrected chi connectivity index (χ3v) is 7.64. The lowest BCUT2D eigenvalue weighted by molar-refractivity contribution is -0.0299. The number of nitrogens with zero attached hydrogens (tertiary/aromatic N) is 4. The van der Waals surface area contributed by atoms with E-state index in [2.05, 4.69) is 25.0 Å². The Labute approximate surface area is 213 Å². The molecule has 0 amide bonds. The molecule has 0 saturated carbocycles. The first-order valence-electron chi connectivity index (χ1n) is 11.8. The Morgan fingerprint density at radius 3 is 2.19 bits per heavy atom. The Kier molecular flexibility index (Phi) is 5.73. The van der Waals surface area contributed by atoms with Gasteiger partial charge in [-0.3, -0.25) is 4.57 Å². The number of sulfonamides is 1. The molecule has 0 bridgehead atoms. The predicted molar refractivity (Wildman–Crippen MR) is 136 cm³/mol. The summed E-state index contributed by atoms with van der Waals surface area (Å²) in [4.78, 5) is 13.2. The van der Waals surface area contributed by atoms with Crippen LogP contribution in [-0.4, -0.2) is 62.7 Å². The van der Waals surface area contributed by atoms with Crippen LogP contribution in [0.5, 0.6) is 0 Å². The Bertz CT molecular complexity index is 1590. The van der Waals surface area contributed by atoms with Crippen LogP contribution in [0.3, 0.4) is 0 Å². The van der Waals surface area contributed by atoms with Gasteiger partial charge in [-0.2, -0.15) is 0 Å². The van der Waals surface area contributed by atoms with Gasteiger partial charge in [-0.1, -0.05) is 48.5 Å². The summed E-state index contributed by atoms with van der Waals surface area (Å²) in [6.45, 7) is 1.68. The lowest BCUT2D eigenvalue weighted by Crippen LogP contribution is -2.37. The van der Waals surface area contributed by atoms with Crippen molar-refractivity contribution in [2.24, 2.45) is 0 Å². The summed E-state index contributed by atoms with van der Waals surface area (Å²) in [7, 11) is -3.57. The number of rotatable bonds is 5. The van der Waals surface area contributed by atoms with Crippen LogP contribution in [0.2, 0.25) is 0 Å². The van der Waals surface area contributed by atoms with Crippen LogP contribution >= 0.6 is 0 Å². The van der Waals surface area contributed by atoms with Gasteiger partial charge < -0.3 is 20.3 Å². The standard InChI is InChI=1S/C25H26N6O5S/c1-13-21(32)22(33)25(36-13)31-12-28-20-23(26-11-27-24(20)31)29-18-16-9-5-3-7-14(16)15-8-4-6-10-17(15)19(18)30-37(2,34)35/h3-13,18-19,21-22,25,30,32-33H,1-2H3,(H,26,27,29)/t13-,18-,19-,21-,22-,25-/m1/s1. The highest BCUT2D eigenvalue weighted by Crippen LogP contribution is 2.46. The van der Waals surface area contributed by atoms with Crippen LogP contribution in [0, 0.1) is 0 Å². The number of ether oxygens (including phenoxy) is 1. The van der Waals surface area contributed by atoms with Crippen molar-refractivity contribution in [2.75, 3.05) is 11.6 Å². The monoisotopic (exact) mass is 522 g/mol. The molecule has 4 N–H and O–H groups in total. The lowest BCUT2D eigenvalue weighted by Gasteiger charge is -2.36. The van der Waals surface area contributed by atoms with Crippen molar-refractivity contribution < 1.29 is 23.4 Å². The number of hydrogen-bond acceptors (Lipinski definition) is 9. The highest BCUT2D eigenvalue weighted by atomic mass is 32.2. The Morgan fingerprint density at radius 2 is 1.57 bits per heavy atom. The molecule has 2 aromatic carbocycles. The van der Waals surface area contributed by atoms with Crippen LogP contribution < -0.4 is 10.0 Å². The van der Waals surface area contributed by atoms with Gasteiger partial charge >= 0.3 is 0 Å². The fourth-order valence-corrected chi connectivity index (χ4v) is 5.98. The first kappa shape index (κ1) is 23.9. The second-order valence-electron chi connectivity index (χ2n) is 9.42. The van der Waals surface area contributed by atoms with Gasteiger partial charge in [-0.15, -0.1) is 0 Å². The van der Waals surface area contributed by atoms with Gasteiger partial charge in [0, 0.05) is 0 Å². The van der Waals surface area contributed by atoms with Crippen LogP contribution in [0.1, 0.15) is 36.4 Å². The predicted octanol–water partition coefficient (Wildman–Crippen LogP) is 1.89. The second kappa shape index (κ2) is 8.85. The Morgan fingerprint density at radius 1 is 0.919 bits per heavy atom. The smallest absolute Gasteiger partial charge is 0.209 e. The van der Waals surface area contributed by atoms with Crippen LogP contribution in [-0.2, 0) is 14.8 Å². The second-order valence-corrected chi connectivity index (χ2v) is 11.2. The van der Waals surface area contributed by atoms with Crippen molar-refractivity contribution in [3.63, 3.8) is 0 Å². The average Bonchev–Trinajstić information content (AvgIpc) is 3.42. The first-order valence-corrected chi connectivity index (χ1v) is 13.7. The summed E-state index contributed by atoms with van der Waals surface area (Å²) in [5.74, 6) is 0.393. The van der Waals surface area contributed by atoms with E-state index in [-0.39, 0.29) is 0 Å². The molecule has 1 fully saturated rings. The van der Waals surface area contributed by atoms with Gasteiger partial charge in [0.15, 0.2) is 23.2 Å². The van der Waals surface area contributed by atoms with Crippen molar-refractivity contribution in [2.45, 2.75) is 43.5 Å². The van der Waals surface area contributed by atoms with Gasteiger partial charge in [0.1, 0.15) is 18.5 Å². The molecule has 2 aliphatic rings. The number of imidazole rings is 1. The number of nitrogens with one attached hydrogen (secondary N) is 2. The molecule has 6 rings (SSSR count). The Balaban J connectivity index is 1.45. The normalized spacial score (nSPS) is 27.1. The van der Waals surface area contributed by atoms with E-state index in [4.69, 9.17) is 4.74 Å². The minimum Gasteiger partial charge on any atom is -0.388 e. The SMILES string of the molecule is C[C@H]1O[C@@H](n2cnc3c(N[C@@H]4c5ccccc5-c5ccccc5[C@H]4NS(C)(=O)=O)ncnc32)[C@H](O)[C@@H]1O. The first-order chi connectivity index (χ1) is 17.7. The maximum Gasteiger partial charge on any atom is 0.209 e. The molecule has 6 atom stereocenters. The van der Waals surface area contributed by atoms with Gasteiger partial charge in [0.2, 0.25) is 10.0 Å². The van der Waals surface area contributed by atoms with E-state index < -0.39 is 46.6 Å². The van der Waals surface area contributed by atoms with Crippen molar-refractivity contribution >= 4 is 27.0 Å². The number of aromatic nitrogens is 4. The summed E-state index contributed by atoms with van der Waals surface area (Å²) >= 11 is 0. The summed E-state index contributed by atoms with van der Waals surface area (Å²) in [5.41, 5.74) is 4.50. The molecule has 0 spiro atoms. The van der Waals surface area contributed by atoms with E-state index in [1.807, 2.05) is 48.5 Å². The van der Waals surface area contributed by atoms with Gasteiger partial charge in [0.05, 0.1) is 30.8 Å². The lowest BCUT2D eigenvalue weighted by atomic mass is 9.79. The van der Waals surface area contributed by atoms with Crippen molar-refractivity contribution in [3.8, 4) is 11.1 Å². The summed E-state index contributed by atoms with van der Waals surface area (Å²) < 4.78 is 35.0. The number of aliphatic hydroxyl groups is 2. The van der Waals surface area contributed by atoms with Crippen molar-refractivity contribution in [1.29, 1.82) is 0 Å². The van der Waals surface area contributed by atoms with E-state index in [1.165, 1.54) is 12.7 Å². The van der Waals surface area contributed by atoms with E-state index >= 15 is 0 Å². The van der Waals surface area contributed by atoms with Gasteiger partial charge in [-0.25, -0.2) is 28.1 Å². The number of benzene rings is 2. The number of fused-ring (bicyclic) bond motifs is 4. The number of aliphatic hydroxyl groups excluding tert-OH is 2. The highest BCUT2D eigenvalue weighted by molar-refractivity contribution is 7.88. The zero-order chi connectivity index (χ0) is 25.9. The maximum absolute atomic E-state index is 12.4. The third kappa shape index (κ3) is 4.06. The summed E-state index contributed by atoms with van der Waals surface area (Å²) in [5, 5.41) is 24.1. The number of anilines is 1. The van der Waals surface area contributed by atoms with E-state index in [0.717, 1.165) is 28.5 Å². The van der Waals surface area contributed by atoms with Gasteiger partial charge in [0.25, 0.3) is 0 Å². The van der Waals surface area contributed by atoms with Crippen LogP contribution in [0.4, 0.5) is 5.82 Å². The maximum atomic E-state index is 12.4. The van der Waals surface area contributed by atoms with E-state index in [0.29, 0.717) is 17.0 Å². The van der Waals surface area contributed by atoms with E-state index in [1.54, 1.807) is 11.5 Å². The molecule has 2 aromatic heterocycles. The molecular weight excluding hydrogens is 496 g/mol. The fraction of sp³-hybridized carbons (Fsp3) is 0.320. The van der Waals surface area contributed by atoms with Crippen molar-refractivity contribution in [1.82, 2.24) is 24.2 Å². The summed E-state index contributed by atoms with van der Waals surface area (Å²) in [6.07, 6.45) is 0.385. The minimum atomic E-state index is -3.57. The molecule has 3 heterocycles. The number of hydrogen-bond donors (Lipinski definition) is 4. The molecule has 11 nitrogen and oxygen atoms in total. The van der Waals surface area contributed by atoms with Crippen LogP contribution in [0.25, 0.3) is 22.3 Å². The average molecular weight is 523 g/mol. The molecule has 0 unspecified atom stereocenters. The Hall–Kier alpha value is -3.42. The third-order valence-electron chi connectivity index (χ3n) is 6.96. The molecule has 37 heavy (non-hydrogen) atoms. The quantitative estimate of drug-likeness (QED) is 0.308. The molecule has 192 valence electrons. The fourth-order valence-electron chi connectivity index (χ4n) is 5.26. The zero-order valence-electron chi connectivity index (χ0n) is 20.1. The molecule has 4 aromatic rings. The molecule has 0 radical (unpaired) electrons. The highest BCUT2D eigenvalue weighted by Gasteiger charge is 2.42. The molecule has 12 heteroatoms. The topological polar surface area (TPSA) is 151 Å². The molecule has 1 saturated heterocycles. The van der Waals surface area contributed by atoms with Crippen LogP contribution in [0.15, 0.2) is 61.2 Å².